The third kappa shape index (κ3) is 6.68. The number of ether oxygens (including phenoxy) is 7. The van der Waals surface area contributed by atoms with Gasteiger partial charge >= 0.3 is 0 Å². The summed E-state index contributed by atoms with van der Waals surface area (Å²) in [5.41, 5.74) is 1.41. The van der Waals surface area contributed by atoms with Gasteiger partial charge in [-0.15, -0.1) is 0 Å². The van der Waals surface area contributed by atoms with Crippen molar-refractivity contribution in [1.29, 1.82) is 10.5 Å². The Kier molecular flexibility index (Phi) is 10.2. The topological polar surface area (TPSA) is 170 Å². The molecule has 0 aliphatic carbocycles. The van der Waals surface area contributed by atoms with Crippen molar-refractivity contribution in [2.45, 2.75) is 35.6 Å². The molecule has 248 valence electrons. The van der Waals surface area contributed by atoms with Gasteiger partial charge in [-0.3, -0.25) is 4.79 Å². The van der Waals surface area contributed by atoms with Crippen LogP contribution in [0.1, 0.15) is 34.4 Å². The molecule has 4 heterocycles. The molecule has 0 saturated carbocycles. The Morgan fingerprint density at radius 3 is 1.91 bits per heavy atom. The van der Waals surface area contributed by atoms with Gasteiger partial charge in [-0.05, 0) is 42.5 Å². The van der Waals surface area contributed by atoms with Gasteiger partial charge in [-0.2, -0.15) is 10.5 Å². The van der Waals surface area contributed by atoms with Crippen LogP contribution in [0.2, 0.25) is 0 Å². The molecule has 13 heteroatoms. The molecule has 1 fully saturated rings. The lowest BCUT2D eigenvalue weighted by Crippen LogP contribution is -2.60. The number of methoxy groups -OCH3 is 4. The van der Waals surface area contributed by atoms with Gasteiger partial charge in [0.25, 0.3) is 0 Å². The third-order valence-electron chi connectivity index (χ3n) is 8.37. The molecule has 0 radical (unpaired) electrons. The zero-order chi connectivity index (χ0) is 33.8. The van der Waals surface area contributed by atoms with Crippen LogP contribution >= 0.6 is 0 Å². The number of nitriles is 2. The molecule has 13 nitrogen and oxygen atoms in total. The number of anilines is 1. The number of aliphatic hydroxyl groups is 1. The average molecular weight is 647 g/mol. The normalized spacial score (nSPS) is 22.3. The first-order chi connectivity index (χ1) is 22.7. The first kappa shape index (κ1) is 33.9. The summed E-state index contributed by atoms with van der Waals surface area (Å²) >= 11 is 0. The molecule has 3 aromatic rings. The van der Waals surface area contributed by atoms with E-state index in [1.807, 2.05) is 12.1 Å². The standard InChI is InChI=1S/C20H23N3O5.C14H15NO4/c1-23-10-14(5-7-17(23)24)22-18-15-8-13(9-21)4-6-16(15)28-20(11-26-2,12-27-3)19(18)25;1-16-7-14(8-17-2)13-12(18-13)10-5-9(6-15)3-4-11(10)19-14/h4-8,10,18-19,22,25H,11-12H2,1-3H3;3-5,12-13H,7-8H2,1-2H3/t18-,19+;/m1./s1. The second kappa shape index (κ2) is 14.1. The Balaban J connectivity index is 0.000000198. The molecular weight excluding hydrogens is 608 g/mol. The van der Waals surface area contributed by atoms with E-state index in [4.69, 9.17) is 38.4 Å². The van der Waals surface area contributed by atoms with Crippen molar-refractivity contribution in [3.63, 3.8) is 0 Å². The van der Waals surface area contributed by atoms with Crippen LogP contribution in [0.3, 0.4) is 0 Å². The Morgan fingerprint density at radius 2 is 1.36 bits per heavy atom. The number of aromatic nitrogens is 1. The molecule has 3 aliphatic rings. The minimum absolute atomic E-state index is 0.0256. The van der Waals surface area contributed by atoms with Crippen LogP contribution in [0, 0.1) is 22.7 Å². The molecule has 0 amide bonds. The van der Waals surface area contributed by atoms with Crippen molar-refractivity contribution in [3.05, 3.63) is 87.3 Å². The number of aryl methyl sites for hydroxylation is 1. The second-order valence-electron chi connectivity index (χ2n) is 11.7. The SMILES string of the molecule is COCC1(COC)Oc2ccc(C#N)cc2C2OC21.COCC1(COC)Oc2ccc(C#N)cc2[C@@H](Nc2ccc(=O)n(C)c2)[C@@H]1O. The number of pyridine rings is 1. The maximum Gasteiger partial charge on any atom is 0.250 e. The Labute approximate surface area is 272 Å². The summed E-state index contributed by atoms with van der Waals surface area (Å²) in [6.07, 6.45) is 0.495. The monoisotopic (exact) mass is 646 g/mol. The highest BCUT2D eigenvalue weighted by Gasteiger charge is 2.61. The van der Waals surface area contributed by atoms with E-state index in [-0.39, 0.29) is 31.0 Å². The Bertz CT molecular complexity index is 1720. The summed E-state index contributed by atoms with van der Waals surface area (Å²) in [5.74, 6) is 1.27. The van der Waals surface area contributed by atoms with Crippen molar-refractivity contribution in [2.75, 3.05) is 60.2 Å². The van der Waals surface area contributed by atoms with E-state index < -0.39 is 23.3 Å². The number of rotatable bonds is 10. The maximum absolute atomic E-state index is 11.7. The van der Waals surface area contributed by atoms with Gasteiger partial charge in [0.1, 0.15) is 29.8 Å². The fraction of sp³-hybridized carbons (Fsp3) is 0.441. The van der Waals surface area contributed by atoms with Crippen LogP contribution in [0.25, 0.3) is 0 Å². The fourth-order valence-electron chi connectivity index (χ4n) is 6.20. The maximum atomic E-state index is 11.7. The summed E-state index contributed by atoms with van der Waals surface area (Å²) in [7, 11) is 7.96. The number of epoxide rings is 1. The molecular formula is C34H38N4O9. The van der Waals surface area contributed by atoms with E-state index >= 15 is 0 Å². The number of hydrogen-bond donors (Lipinski definition) is 2. The van der Waals surface area contributed by atoms with Gasteiger partial charge in [-0.25, -0.2) is 0 Å². The fourth-order valence-corrected chi connectivity index (χ4v) is 6.20. The Hall–Kier alpha value is -4.47. The summed E-state index contributed by atoms with van der Waals surface area (Å²) < 4.78 is 40.5. The highest BCUT2D eigenvalue weighted by molar-refractivity contribution is 5.52. The molecule has 0 bridgehead atoms. The van der Waals surface area contributed by atoms with Gasteiger partial charge < -0.3 is 48.1 Å². The van der Waals surface area contributed by atoms with Crippen LogP contribution in [0.5, 0.6) is 11.5 Å². The van der Waals surface area contributed by atoms with Gasteiger partial charge in [0.15, 0.2) is 11.2 Å². The number of nitrogens with one attached hydrogen (secondary N) is 1. The van der Waals surface area contributed by atoms with Gasteiger partial charge in [0.05, 0.1) is 61.4 Å². The molecule has 1 saturated heterocycles. The van der Waals surface area contributed by atoms with E-state index in [9.17, 15) is 15.2 Å². The summed E-state index contributed by atoms with van der Waals surface area (Å²) in [6.45, 7) is 1.02. The predicted octanol–water partition coefficient (Wildman–Crippen LogP) is 2.62. The van der Waals surface area contributed by atoms with E-state index in [0.717, 1.165) is 11.3 Å². The van der Waals surface area contributed by atoms with Crippen LogP contribution < -0.4 is 20.3 Å². The first-order valence-electron chi connectivity index (χ1n) is 14.9. The lowest BCUT2D eigenvalue weighted by atomic mass is 9.84. The molecule has 2 unspecified atom stereocenters. The lowest BCUT2D eigenvalue weighted by Gasteiger charge is -2.45. The van der Waals surface area contributed by atoms with Crippen molar-refractivity contribution in [2.24, 2.45) is 7.05 Å². The van der Waals surface area contributed by atoms with Gasteiger partial charge in [0, 0.05) is 58.9 Å². The second-order valence-corrected chi connectivity index (χ2v) is 11.7. The number of aliphatic hydroxyl groups excluding tert-OH is 1. The molecule has 2 aromatic carbocycles. The lowest BCUT2D eigenvalue weighted by molar-refractivity contribution is -0.142. The van der Waals surface area contributed by atoms with E-state index in [2.05, 4.69) is 17.5 Å². The average Bonchev–Trinajstić information content (AvgIpc) is 3.88. The minimum atomic E-state index is -1.14. The van der Waals surface area contributed by atoms with Crippen LogP contribution in [-0.2, 0) is 30.7 Å². The van der Waals surface area contributed by atoms with Crippen LogP contribution in [-0.4, -0.2) is 88.0 Å². The summed E-state index contributed by atoms with van der Waals surface area (Å²) in [4.78, 5) is 11.7. The zero-order valence-corrected chi connectivity index (χ0v) is 26.9. The largest absolute Gasteiger partial charge is 0.479 e. The quantitative estimate of drug-likeness (QED) is 0.309. The zero-order valence-electron chi connectivity index (χ0n) is 26.9. The van der Waals surface area contributed by atoms with Gasteiger partial charge in [-0.1, -0.05) is 0 Å². The molecule has 6 rings (SSSR count). The molecule has 2 N–H and O–H groups in total. The Morgan fingerprint density at radius 1 is 0.830 bits per heavy atom. The van der Waals surface area contributed by atoms with Crippen molar-refractivity contribution < 1.29 is 38.3 Å². The highest BCUT2D eigenvalue weighted by Crippen LogP contribution is 2.54. The molecule has 4 atom stereocenters. The number of benzene rings is 2. The van der Waals surface area contributed by atoms with E-state index in [1.54, 1.807) is 57.8 Å². The first-order valence-corrected chi connectivity index (χ1v) is 14.9. The smallest absolute Gasteiger partial charge is 0.250 e. The third-order valence-corrected chi connectivity index (χ3v) is 8.37. The highest BCUT2D eigenvalue weighted by atomic mass is 16.7. The molecule has 0 spiro atoms. The van der Waals surface area contributed by atoms with E-state index in [0.29, 0.717) is 41.3 Å². The predicted molar refractivity (Wildman–Crippen MR) is 168 cm³/mol. The van der Waals surface area contributed by atoms with Crippen LogP contribution in [0.4, 0.5) is 5.69 Å². The van der Waals surface area contributed by atoms with Crippen LogP contribution in [0.15, 0.2) is 59.5 Å². The summed E-state index contributed by atoms with van der Waals surface area (Å²) in [6, 6.07) is 17.1. The van der Waals surface area contributed by atoms with Gasteiger partial charge in [0.2, 0.25) is 5.56 Å². The molecule has 47 heavy (non-hydrogen) atoms. The number of nitrogens with zero attached hydrogens (tertiary/aromatic N) is 3. The molecule has 1 aromatic heterocycles. The minimum Gasteiger partial charge on any atom is -0.479 e. The van der Waals surface area contributed by atoms with Crippen molar-refractivity contribution in [3.8, 4) is 23.6 Å². The number of fused-ring (bicyclic) bond motifs is 4. The van der Waals surface area contributed by atoms with Crippen molar-refractivity contribution >= 4 is 5.69 Å². The van der Waals surface area contributed by atoms with Crippen molar-refractivity contribution in [1.82, 2.24) is 4.57 Å². The number of hydrogen-bond acceptors (Lipinski definition) is 12. The summed E-state index contributed by atoms with van der Waals surface area (Å²) in [5, 5.41) is 32.7. The molecule has 3 aliphatic heterocycles. The van der Waals surface area contributed by atoms with E-state index in [1.165, 1.54) is 24.9 Å².